The first-order valence-electron chi connectivity index (χ1n) is 13.0. The third kappa shape index (κ3) is 7.69. The van der Waals surface area contributed by atoms with E-state index in [2.05, 4.69) is 31.0 Å². The Labute approximate surface area is 310 Å². The van der Waals surface area contributed by atoms with Gasteiger partial charge in [0.15, 0.2) is 5.78 Å². The normalized spacial score (nSPS) is 15.8. The number of anilines is 3. The number of hydrogen-bond donors (Lipinski definition) is 4. The third-order valence-electron chi connectivity index (χ3n) is 6.76. The van der Waals surface area contributed by atoms with E-state index in [1.165, 1.54) is 24.3 Å². The van der Waals surface area contributed by atoms with Gasteiger partial charge >= 0.3 is 59.1 Å². The number of aliphatic carboxylic acids is 1. The molecule has 0 atom stereocenters. The minimum absolute atomic E-state index is 0. The Hall–Kier alpha value is -4.19. The summed E-state index contributed by atoms with van der Waals surface area (Å²) in [6, 6.07) is 16.3. The second-order valence-electron chi connectivity index (χ2n) is 9.80. The summed E-state index contributed by atoms with van der Waals surface area (Å²) in [7, 11) is -5.03. The number of rotatable bonds is 7. The van der Waals surface area contributed by atoms with Crippen LogP contribution in [-0.4, -0.2) is 51.9 Å². The summed E-state index contributed by atoms with van der Waals surface area (Å²) in [6.45, 7) is 0. The van der Waals surface area contributed by atoms with E-state index in [4.69, 9.17) is 5.73 Å². The van der Waals surface area contributed by atoms with Gasteiger partial charge in [-0.2, -0.15) is 10.2 Å². The molecule has 0 fully saturated rings. The van der Waals surface area contributed by atoms with E-state index >= 15 is 0 Å². The van der Waals surface area contributed by atoms with Gasteiger partial charge in [-0.1, -0.05) is 6.07 Å². The first kappa shape index (κ1) is 35.7. The number of fused-ring (bicyclic) bond motifs is 2. The summed E-state index contributed by atoms with van der Waals surface area (Å²) in [5.41, 5.74) is 13.9. The maximum Gasteiger partial charge on any atom is 1.00 e. The second kappa shape index (κ2) is 14.3. The second-order valence-corrected chi connectivity index (χ2v) is 11.1. The van der Waals surface area contributed by atoms with Crippen molar-refractivity contribution in [2.24, 2.45) is 10.2 Å². The van der Waals surface area contributed by atoms with Crippen molar-refractivity contribution in [1.82, 2.24) is 9.97 Å². The van der Waals surface area contributed by atoms with E-state index in [0.717, 1.165) is 23.8 Å². The van der Waals surface area contributed by atoms with Gasteiger partial charge < -0.3 is 25.2 Å². The first-order valence-corrected chi connectivity index (χ1v) is 14.4. The molecule has 0 bridgehead atoms. The SMILES string of the molecule is Nc1ccc2c(c1)C(=O)/C(=N/Nc1ccc3[nH]c(-c4ccc(N/N=C5/C=CC(=O)C(C(=O)[O-])=C5)cc4)nc3c1)C(S(=O)(=O)[O-])=C2.[Na+].[Na+]. The fourth-order valence-corrected chi connectivity index (χ4v) is 5.20. The van der Waals surface area contributed by atoms with Gasteiger partial charge in [0.05, 0.1) is 39.0 Å². The fourth-order valence-electron chi connectivity index (χ4n) is 4.55. The summed E-state index contributed by atoms with van der Waals surface area (Å²) in [4.78, 5) is 42.8. The van der Waals surface area contributed by atoms with Crippen LogP contribution in [0.1, 0.15) is 15.9 Å². The zero-order valence-corrected chi connectivity index (χ0v) is 29.6. The van der Waals surface area contributed by atoms with E-state index in [0.29, 0.717) is 28.2 Å². The van der Waals surface area contributed by atoms with Gasteiger partial charge in [0.1, 0.15) is 21.7 Å². The van der Waals surface area contributed by atoms with Crippen molar-refractivity contribution in [2.45, 2.75) is 0 Å². The van der Waals surface area contributed by atoms with Crippen LogP contribution < -0.4 is 80.8 Å². The van der Waals surface area contributed by atoms with Crippen molar-refractivity contribution in [1.29, 1.82) is 0 Å². The van der Waals surface area contributed by atoms with Crippen LogP contribution in [0.2, 0.25) is 0 Å². The predicted molar refractivity (Wildman–Crippen MR) is 164 cm³/mol. The summed E-state index contributed by atoms with van der Waals surface area (Å²) >= 11 is 0. The number of allylic oxidation sites excluding steroid dienone is 4. The molecule has 2 aliphatic rings. The van der Waals surface area contributed by atoms with E-state index in [1.807, 2.05) is 0 Å². The molecule has 5 N–H and O–H groups in total. The zero-order chi connectivity index (χ0) is 31.9. The minimum Gasteiger partial charge on any atom is -0.744 e. The molecule has 17 heteroatoms. The van der Waals surface area contributed by atoms with Crippen LogP contribution in [0.15, 0.2) is 99.6 Å². The summed E-state index contributed by atoms with van der Waals surface area (Å²) in [5.74, 6) is -2.49. The average Bonchev–Trinajstić information content (AvgIpc) is 3.43. The number of carbonyl (C=O) groups is 3. The van der Waals surface area contributed by atoms with Gasteiger partial charge in [-0.25, -0.2) is 13.4 Å². The Morgan fingerprint density at radius 3 is 2.30 bits per heavy atom. The maximum absolute atomic E-state index is 13.1. The molecule has 4 aromatic rings. The topological polar surface area (TPSA) is 235 Å². The predicted octanol–water partition coefficient (Wildman–Crippen LogP) is -4.05. The number of Topliss-reactive ketones (excluding diaryl/α,β-unsaturated/α-hetero) is 1. The Bertz CT molecular complexity index is 2220. The Morgan fingerprint density at radius 2 is 1.60 bits per heavy atom. The van der Waals surface area contributed by atoms with Gasteiger partial charge in [0.25, 0.3) is 0 Å². The molecular weight excluding hydrogens is 648 g/mol. The molecule has 3 aromatic carbocycles. The molecule has 47 heavy (non-hydrogen) atoms. The van der Waals surface area contributed by atoms with Crippen molar-refractivity contribution in [3.05, 3.63) is 100 Å². The number of nitrogens with one attached hydrogen (secondary N) is 3. The standard InChI is InChI=1S/C30H21N7O7S.2Na/c31-17-4-1-16-11-26(45(42,43)44)27(28(39)21(16)12-17)37-36-20-7-9-23-24(14-20)33-29(32-23)15-2-5-18(6-3-15)34-35-19-8-10-25(38)22(13-19)30(40)41;;/h1-14,34,36H,31H2,(H,32,33)(H,40,41)(H,42,43,44);;/q;2*+1/p-2/b35-19-,37-27+;;. The molecule has 2 aliphatic carbocycles. The number of nitrogens with two attached hydrogens (primary N) is 1. The number of hydrogen-bond acceptors (Lipinski definition) is 13. The maximum atomic E-state index is 13.1. The minimum atomic E-state index is -5.03. The van der Waals surface area contributed by atoms with Gasteiger partial charge in [0, 0.05) is 22.4 Å². The average molecular weight is 668 g/mol. The van der Waals surface area contributed by atoms with Gasteiger partial charge in [-0.15, -0.1) is 0 Å². The van der Waals surface area contributed by atoms with Crippen LogP contribution in [0, 0.1) is 0 Å². The quantitative estimate of drug-likeness (QED) is 0.0370. The Balaban J connectivity index is 0.00000250. The molecule has 0 spiro atoms. The van der Waals surface area contributed by atoms with Crippen LogP contribution in [0.3, 0.4) is 0 Å². The molecule has 0 saturated heterocycles. The van der Waals surface area contributed by atoms with Crippen molar-refractivity contribution in [2.75, 3.05) is 16.6 Å². The summed E-state index contributed by atoms with van der Waals surface area (Å²) < 4.78 is 35.8. The van der Waals surface area contributed by atoms with Crippen molar-refractivity contribution in [3.63, 3.8) is 0 Å². The number of carbonyl (C=O) groups excluding carboxylic acids is 3. The van der Waals surface area contributed by atoms with Crippen LogP contribution in [-0.2, 0) is 19.7 Å². The number of hydrazone groups is 2. The molecule has 1 heterocycles. The number of aromatic amines is 1. The molecule has 6 rings (SSSR count). The van der Waals surface area contributed by atoms with E-state index in [1.54, 1.807) is 42.5 Å². The number of imidazole rings is 1. The van der Waals surface area contributed by atoms with E-state index < -0.39 is 43.8 Å². The molecule has 0 unspecified atom stereocenters. The fraction of sp³-hybridized carbons (Fsp3) is 0. The number of ketones is 2. The van der Waals surface area contributed by atoms with Crippen LogP contribution in [0.4, 0.5) is 17.1 Å². The number of benzene rings is 3. The molecule has 14 nitrogen and oxygen atoms in total. The first-order chi connectivity index (χ1) is 21.5. The molecule has 1 aromatic heterocycles. The molecule has 0 saturated carbocycles. The molecule has 0 amide bonds. The van der Waals surface area contributed by atoms with Gasteiger partial charge in [-0.05, 0) is 84.5 Å². The number of aromatic nitrogens is 2. The molecule has 0 aliphatic heterocycles. The number of H-pyrrole nitrogens is 1. The number of carboxylic acids is 1. The third-order valence-corrected chi connectivity index (χ3v) is 7.61. The number of carboxylic acid groups (broad SMARTS) is 1. The smallest absolute Gasteiger partial charge is 0.744 e. The van der Waals surface area contributed by atoms with E-state index in [-0.39, 0.29) is 81.6 Å². The van der Waals surface area contributed by atoms with E-state index in [9.17, 15) is 32.5 Å². The van der Waals surface area contributed by atoms with Crippen LogP contribution >= 0.6 is 0 Å². The number of nitrogens with zero attached hydrogens (tertiary/aromatic N) is 3. The number of nitrogen functional groups attached to an aromatic ring is 1. The van der Waals surface area contributed by atoms with Gasteiger partial charge in [0.2, 0.25) is 5.78 Å². The Morgan fingerprint density at radius 1 is 0.894 bits per heavy atom. The largest absolute Gasteiger partial charge is 1.00 e. The molecule has 224 valence electrons. The van der Waals surface area contributed by atoms with Crippen molar-refractivity contribution in [3.8, 4) is 11.4 Å². The summed E-state index contributed by atoms with van der Waals surface area (Å²) in [5, 5.41) is 19.1. The molecular formula is C30H19N7Na2O7S. The van der Waals surface area contributed by atoms with Crippen LogP contribution in [0.5, 0.6) is 0 Å². The summed E-state index contributed by atoms with van der Waals surface area (Å²) in [6.07, 6.45) is 4.69. The van der Waals surface area contributed by atoms with Crippen molar-refractivity contribution >= 4 is 73.2 Å². The van der Waals surface area contributed by atoms with Crippen molar-refractivity contribution < 1.29 is 91.6 Å². The zero-order valence-electron chi connectivity index (χ0n) is 24.8. The monoisotopic (exact) mass is 667 g/mol. The Kier molecular flexibility index (Phi) is 10.8. The molecule has 0 radical (unpaired) electrons. The van der Waals surface area contributed by atoms with Crippen LogP contribution in [0.25, 0.3) is 28.5 Å². The van der Waals surface area contributed by atoms with Gasteiger partial charge in [-0.3, -0.25) is 20.4 Å².